The molecule has 2 rings (SSSR count). The maximum absolute atomic E-state index is 12.7. The Morgan fingerprint density at radius 1 is 1.10 bits per heavy atom. The number of ether oxygens (including phenoxy) is 2. The fourth-order valence-corrected chi connectivity index (χ4v) is 2.94. The van der Waals surface area contributed by atoms with E-state index in [4.69, 9.17) is 21.7 Å². The van der Waals surface area contributed by atoms with Gasteiger partial charge in [-0.3, -0.25) is 10.1 Å². The van der Waals surface area contributed by atoms with Crippen LogP contribution in [0.1, 0.15) is 43.6 Å². The van der Waals surface area contributed by atoms with Crippen molar-refractivity contribution in [1.29, 1.82) is 0 Å². The Morgan fingerprint density at radius 3 is 2.41 bits per heavy atom. The second-order valence-electron chi connectivity index (χ2n) is 7.29. The summed E-state index contributed by atoms with van der Waals surface area (Å²) in [6, 6.07) is 13.1. The van der Waals surface area contributed by atoms with Gasteiger partial charge in [-0.2, -0.15) is 0 Å². The summed E-state index contributed by atoms with van der Waals surface area (Å²) >= 11 is 8.67. The van der Waals surface area contributed by atoms with Crippen LogP contribution in [0.5, 0.6) is 11.5 Å². The average molecular weight is 479 g/mol. The van der Waals surface area contributed by atoms with Gasteiger partial charge in [0.2, 0.25) is 0 Å². The third kappa shape index (κ3) is 8.03. The van der Waals surface area contributed by atoms with Crippen LogP contribution in [-0.2, 0) is 6.54 Å². The van der Waals surface area contributed by atoms with E-state index in [1.165, 1.54) is 0 Å². The van der Waals surface area contributed by atoms with Crippen molar-refractivity contribution in [1.82, 2.24) is 10.6 Å². The molecule has 0 radical (unpaired) electrons. The summed E-state index contributed by atoms with van der Waals surface area (Å²) in [6.07, 6.45) is 0.134. The molecular weight excluding hydrogens is 452 g/mol. The monoisotopic (exact) mass is 478 g/mol. The van der Waals surface area contributed by atoms with Gasteiger partial charge in [-0.15, -0.1) is 0 Å². The number of hydrogen-bond acceptors (Lipinski definition) is 4. The molecule has 0 heterocycles. The lowest BCUT2D eigenvalue weighted by Crippen LogP contribution is -2.39. The van der Waals surface area contributed by atoms with Crippen LogP contribution in [0.4, 0.5) is 0 Å². The van der Waals surface area contributed by atoms with Gasteiger partial charge >= 0.3 is 0 Å². The number of hydrogen-bond donors (Lipinski definition) is 2. The highest BCUT2D eigenvalue weighted by Gasteiger charge is 2.15. The van der Waals surface area contributed by atoms with Crippen molar-refractivity contribution >= 4 is 39.2 Å². The minimum atomic E-state index is -0.316. The molecule has 0 atom stereocenters. The van der Waals surface area contributed by atoms with Crippen molar-refractivity contribution in [3.63, 3.8) is 0 Å². The third-order valence-electron chi connectivity index (χ3n) is 3.73. The first kappa shape index (κ1) is 23.2. The Morgan fingerprint density at radius 2 is 1.79 bits per heavy atom. The van der Waals surface area contributed by atoms with E-state index in [-0.39, 0.29) is 17.1 Å². The van der Waals surface area contributed by atoms with Gasteiger partial charge < -0.3 is 14.8 Å². The minimum Gasteiger partial charge on any atom is -0.492 e. The summed E-state index contributed by atoms with van der Waals surface area (Å²) in [7, 11) is 0. The van der Waals surface area contributed by atoms with Crippen molar-refractivity contribution < 1.29 is 14.3 Å². The first-order valence-corrected chi connectivity index (χ1v) is 10.7. The molecule has 29 heavy (non-hydrogen) atoms. The standard InChI is InChI=1S/C22H27BrN2O3S/c1-14(2)13-27-20-10-7-17(23)11-19(20)21(26)25-22(29)24-12-16-5-8-18(9-6-16)28-15(3)4/h5-11,14-15H,12-13H2,1-4H3,(H2,24,25,26,29). The molecule has 0 aliphatic carbocycles. The van der Waals surface area contributed by atoms with E-state index in [2.05, 4.69) is 40.4 Å². The van der Waals surface area contributed by atoms with Crippen LogP contribution < -0.4 is 20.1 Å². The van der Waals surface area contributed by atoms with E-state index in [0.717, 1.165) is 15.8 Å². The van der Waals surface area contributed by atoms with Gasteiger partial charge in [0.1, 0.15) is 11.5 Å². The number of carbonyl (C=O) groups is 1. The van der Waals surface area contributed by atoms with E-state index in [0.29, 0.717) is 30.4 Å². The van der Waals surface area contributed by atoms with Crippen molar-refractivity contribution in [2.24, 2.45) is 5.92 Å². The van der Waals surface area contributed by atoms with Gasteiger partial charge in [-0.1, -0.05) is 41.9 Å². The second-order valence-corrected chi connectivity index (χ2v) is 8.62. The first-order valence-electron chi connectivity index (χ1n) is 9.51. The predicted octanol–water partition coefficient (Wildman–Crippen LogP) is 5.08. The molecular formula is C22H27BrN2O3S. The van der Waals surface area contributed by atoms with E-state index < -0.39 is 0 Å². The molecule has 2 N–H and O–H groups in total. The van der Waals surface area contributed by atoms with Crippen LogP contribution in [0.25, 0.3) is 0 Å². The maximum Gasteiger partial charge on any atom is 0.261 e. The molecule has 0 spiro atoms. The summed E-state index contributed by atoms with van der Waals surface area (Å²) in [6.45, 7) is 9.11. The quantitative estimate of drug-likeness (QED) is 0.518. The predicted molar refractivity (Wildman–Crippen MR) is 124 cm³/mol. The van der Waals surface area contributed by atoms with Crippen LogP contribution in [-0.4, -0.2) is 23.7 Å². The number of halogens is 1. The number of nitrogens with one attached hydrogen (secondary N) is 2. The van der Waals surface area contributed by atoms with Gasteiger partial charge in [0.05, 0.1) is 18.3 Å². The molecule has 0 unspecified atom stereocenters. The number of rotatable bonds is 8. The SMILES string of the molecule is CC(C)COc1ccc(Br)cc1C(=O)NC(=S)NCc1ccc(OC(C)C)cc1. The van der Waals surface area contributed by atoms with Gasteiger partial charge in [-0.05, 0) is 67.9 Å². The highest BCUT2D eigenvalue weighted by Crippen LogP contribution is 2.24. The summed E-state index contributed by atoms with van der Waals surface area (Å²) < 4.78 is 12.2. The molecule has 0 aliphatic rings. The third-order valence-corrected chi connectivity index (χ3v) is 4.47. The highest BCUT2D eigenvalue weighted by atomic mass is 79.9. The zero-order valence-corrected chi connectivity index (χ0v) is 19.5. The number of amides is 1. The maximum atomic E-state index is 12.7. The van der Waals surface area contributed by atoms with Crippen LogP contribution in [0.2, 0.25) is 0 Å². The summed E-state index contributed by atoms with van der Waals surface area (Å²) in [4.78, 5) is 12.7. The van der Waals surface area contributed by atoms with Crippen molar-refractivity contribution in [3.8, 4) is 11.5 Å². The van der Waals surface area contributed by atoms with E-state index >= 15 is 0 Å². The fraction of sp³-hybridized carbons (Fsp3) is 0.364. The Hall–Kier alpha value is -2.12. The molecule has 0 saturated heterocycles. The van der Waals surface area contributed by atoms with Crippen LogP contribution >= 0.6 is 28.1 Å². The second kappa shape index (κ2) is 11.2. The lowest BCUT2D eigenvalue weighted by Gasteiger charge is -2.15. The van der Waals surface area contributed by atoms with E-state index in [1.54, 1.807) is 12.1 Å². The normalized spacial score (nSPS) is 10.7. The highest BCUT2D eigenvalue weighted by molar-refractivity contribution is 9.10. The first-order chi connectivity index (χ1) is 13.7. The number of benzene rings is 2. The minimum absolute atomic E-state index is 0.134. The molecule has 0 aromatic heterocycles. The molecule has 0 saturated carbocycles. The van der Waals surface area contributed by atoms with Gasteiger partial charge in [0.15, 0.2) is 5.11 Å². The Kier molecular flexibility index (Phi) is 8.92. The van der Waals surface area contributed by atoms with E-state index in [9.17, 15) is 4.79 Å². The molecule has 2 aromatic carbocycles. The smallest absolute Gasteiger partial charge is 0.261 e. The number of carbonyl (C=O) groups excluding carboxylic acids is 1. The Balaban J connectivity index is 1.93. The molecule has 0 aliphatic heterocycles. The molecule has 0 fully saturated rings. The van der Waals surface area contributed by atoms with E-state index in [1.807, 2.05) is 44.2 Å². The zero-order valence-electron chi connectivity index (χ0n) is 17.1. The van der Waals surface area contributed by atoms with Crippen molar-refractivity contribution in [2.75, 3.05) is 6.61 Å². The van der Waals surface area contributed by atoms with Crippen molar-refractivity contribution in [3.05, 3.63) is 58.1 Å². The molecule has 0 bridgehead atoms. The summed E-state index contributed by atoms with van der Waals surface area (Å²) in [5.74, 6) is 1.39. The molecule has 1 amide bonds. The lowest BCUT2D eigenvalue weighted by molar-refractivity contribution is 0.0971. The van der Waals surface area contributed by atoms with Crippen LogP contribution in [0.15, 0.2) is 46.9 Å². The fourth-order valence-electron chi connectivity index (χ4n) is 2.42. The average Bonchev–Trinajstić information content (AvgIpc) is 2.65. The Labute approximate surface area is 186 Å². The largest absolute Gasteiger partial charge is 0.492 e. The van der Waals surface area contributed by atoms with Gasteiger partial charge in [0.25, 0.3) is 5.91 Å². The Bertz CT molecular complexity index is 838. The molecule has 2 aromatic rings. The summed E-state index contributed by atoms with van der Waals surface area (Å²) in [5, 5.41) is 6.02. The van der Waals surface area contributed by atoms with Gasteiger partial charge in [0, 0.05) is 11.0 Å². The molecule has 7 heteroatoms. The number of thiocarbonyl (C=S) groups is 1. The van der Waals surface area contributed by atoms with Crippen molar-refractivity contribution in [2.45, 2.75) is 40.3 Å². The lowest BCUT2D eigenvalue weighted by atomic mass is 10.2. The summed E-state index contributed by atoms with van der Waals surface area (Å²) in [5.41, 5.74) is 1.46. The van der Waals surface area contributed by atoms with Crippen LogP contribution in [0, 0.1) is 5.92 Å². The van der Waals surface area contributed by atoms with Crippen LogP contribution in [0.3, 0.4) is 0 Å². The molecule has 5 nitrogen and oxygen atoms in total. The zero-order chi connectivity index (χ0) is 21.4. The molecule has 156 valence electrons. The topological polar surface area (TPSA) is 59.6 Å². The van der Waals surface area contributed by atoms with Gasteiger partial charge in [-0.25, -0.2) is 0 Å².